The third-order valence-corrected chi connectivity index (χ3v) is 7.58. The zero-order valence-corrected chi connectivity index (χ0v) is 25.4. The smallest absolute Gasteiger partial charge is 0.336 e. The summed E-state index contributed by atoms with van der Waals surface area (Å²) in [6.07, 6.45) is -2.56. The van der Waals surface area contributed by atoms with Gasteiger partial charge in [-0.05, 0) is 48.9 Å². The Bertz CT molecular complexity index is 1540. The van der Waals surface area contributed by atoms with Crippen LogP contribution in [0.2, 0.25) is 5.02 Å². The molecule has 3 aromatic rings. The van der Waals surface area contributed by atoms with E-state index in [9.17, 15) is 24.6 Å². The van der Waals surface area contributed by atoms with Gasteiger partial charge in [0.1, 0.15) is 12.2 Å². The maximum absolute atomic E-state index is 14.2. The number of amides is 2. The van der Waals surface area contributed by atoms with Gasteiger partial charge >= 0.3 is 5.97 Å². The molecule has 4 rings (SSSR count). The first kappa shape index (κ1) is 31.8. The molecule has 0 radical (unpaired) electrons. The fraction of sp³-hybridized carbons (Fsp3) is 0.344. The molecule has 10 nitrogen and oxygen atoms in total. The van der Waals surface area contributed by atoms with Gasteiger partial charge in [0.25, 0.3) is 5.91 Å². The van der Waals surface area contributed by atoms with E-state index in [1.165, 1.54) is 31.3 Å². The van der Waals surface area contributed by atoms with Crippen LogP contribution in [0, 0.1) is 12.3 Å². The summed E-state index contributed by atoms with van der Waals surface area (Å²) in [6.45, 7) is 5.17. The average molecular weight is 611 g/mol. The topological polar surface area (TPSA) is 135 Å². The number of hydrogen-bond acceptors (Lipinski definition) is 7. The second-order valence-corrected chi connectivity index (χ2v) is 11.5. The highest BCUT2D eigenvalue weighted by Gasteiger charge is 2.40. The van der Waals surface area contributed by atoms with Crippen molar-refractivity contribution >= 4 is 40.8 Å². The average Bonchev–Trinajstić information content (AvgIpc) is 3.07. The summed E-state index contributed by atoms with van der Waals surface area (Å²) < 4.78 is 17.7. The van der Waals surface area contributed by atoms with Crippen molar-refractivity contribution in [3.05, 3.63) is 81.9 Å². The van der Waals surface area contributed by atoms with Crippen molar-refractivity contribution in [2.45, 2.75) is 39.4 Å². The lowest BCUT2D eigenvalue weighted by Crippen LogP contribution is -2.46. The van der Waals surface area contributed by atoms with Gasteiger partial charge in [0.05, 0.1) is 26.2 Å². The van der Waals surface area contributed by atoms with E-state index in [2.05, 4.69) is 5.32 Å². The molecular formula is C32H35ClN2O8. The Labute approximate surface area is 255 Å². The van der Waals surface area contributed by atoms with Crippen molar-refractivity contribution in [3.63, 3.8) is 0 Å². The molecule has 11 heteroatoms. The molecule has 228 valence electrons. The molecule has 0 saturated carbocycles. The minimum atomic E-state index is -1.27. The van der Waals surface area contributed by atoms with Crippen molar-refractivity contribution in [2.24, 2.45) is 5.41 Å². The molecule has 0 aromatic heterocycles. The predicted octanol–water partition coefficient (Wildman–Crippen LogP) is 5.23. The molecule has 0 fully saturated rings. The molecule has 0 spiro atoms. The Balaban J connectivity index is 1.82. The second kappa shape index (κ2) is 13.0. The molecule has 43 heavy (non-hydrogen) atoms. The quantitative estimate of drug-likeness (QED) is 0.284. The number of fused-ring (bicyclic) bond motifs is 1. The summed E-state index contributed by atoms with van der Waals surface area (Å²) in [5, 5.41) is 22.7. The van der Waals surface area contributed by atoms with Gasteiger partial charge in [0, 0.05) is 46.1 Å². The molecule has 3 aromatic carbocycles. The van der Waals surface area contributed by atoms with Crippen LogP contribution < -0.4 is 19.7 Å². The number of aliphatic hydroxyl groups excluding tert-OH is 1. The van der Waals surface area contributed by atoms with Crippen molar-refractivity contribution in [3.8, 4) is 11.5 Å². The van der Waals surface area contributed by atoms with E-state index in [-0.39, 0.29) is 25.1 Å². The first-order chi connectivity index (χ1) is 20.4. The minimum absolute atomic E-state index is 0.0505. The minimum Gasteiger partial charge on any atom is -0.493 e. The number of rotatable bonds is 10. The number of aliphatic hydroxyl groups is 1. The largest absolute Gasteiger partial charge is 0.493 e. The van der Waals surface area contributed by atoms with Gasteiger partial charge in [0.2, 0.25) is 5.91 Å². The van der Waals surface area contributed by atoms with Crippen molar-refractivity contribution < 1.29 is 38.8 Å². The Morgan fingerprint density at radius 3 is 2.44 bits per heavy atom. The van der Waals surface area contributed by atoms with Crippen LogP contribution in [-0.4, -0.2) is 61.5 Å². The van der Waals surface area contributed by atoms with Gasteiger partial charge in [-0.1, -0.05) is 43.6 Å². The summed E-state index contributed by atoms with van der Waals surface area (Å²) >= 11 is 6.46. The number of hydrogen-bond donors (Lipinski definition) is 3. The number of nitrogens with zero attached hydrogens (tertiary/aromatic N) is 1. The second-order valence-electron chi connectivity index (χ2n) is 11.1. The predicted molar refractivity (Wildman–Crippen MR) is 162 cm³/mol. The molecule has 1 aliphatic rings. The lowest BCUT2D eigenvalue weighted by molar-refractivity contribution is -0.136. The Morgan fingerprint density at radius 2 is 1.79 bits per heavy atom. The van der Waals surface area contributed by atoms with Gasteiger partial charge in [-0.2, -0.15) is 0 Å². The van der Waals surface area contributed by atoms with Crippen LogP contribution >= 0.6 is 11.6 Å². The van der Waals surface area contributed by atoms with Crippen molar-refractivity contribution in [2.75, 3.05) is 37.6 Å². The zero-order chi connectivity index (χ0) is 31.5. The maximum Gasteiger partial charge on any atom is 0.336 e. The van der Waals surface area contributed by atoms with Crippen LogP contribution in [0.15, 0.2) is 54.6 Å². The summed E-state index contributed by atoms with van der Waals surface area (Å²) in [4.78, 5) is 40.7. The van der Waals surface area contributed by atoms with E-state index in [0.29, 0.717) is 44.6 Å². The molecular weight excluding hydrogens is 576 g/mol. The Morgan fingerprint density at radius 1 is 1.07 bits per heavy atom. The van der Waals surface area contributed by atoms with Gasteiger partial charge in [0.15, 0.2) is 11.5 Å². The first-order valence-electron chi connectivity index (χ1n) is 13.6. The lowest BCUT2D eigenvalue weighted by atomic mass is 9.92. The van der Waals surface area contributed by atoms with E-state index in [4.69, 9.17) is 25.8 Å². The molecule has 1 heterocycles. The summed E-state index contributed by atoms with van der Waals surface area (Å²) in [5.74, 6) is -1.32. The number of aromatic carboxylic acids is 1. The van der Waals surface area contributed by atoms with E-state index in [0.717, 1.165) is 0 Å². The van der Waals surface area contributed by atoms with E-state index in [1.54, 1.807) is 49.4 Å². The number of halogens is 1. The monoisotopic (exact) mass is 610 g/mol. The van der Waals surface area contributed by atoms with Gasteiger partial charge in [-0.15, -0.1) is 0 Å². The van der Waals surface area contributed by atoms with Crippen LogP contribution in [-0.2, 0) is 14.3 Å². The number of carboxylic acids is 1. The number of carbonyl (C=O) groups is 3. The first-order valence-corrected chi connectivity index (χ1v) is 14.0. The molecule has 0 aliphatic carbocycles. The van der Waals surface area contributed by atoms with Crippen molar-refractivity contribution in [1.82, 2.24) is 0 Å². The van der Waals surface area contributed by atoms with Crippen LogP contribution in [0.25, 0.3) is 0 Å². The molecule has 0 saturated heterocycles. The summed E-state index contributed by atoms with van der Waals surface area (Å²) in [6, 6.07) is 14.9. The van der Waals surface area contributed by atoms with Crippen LogP contribution in [0.1, 0.15) is 53.4 Å². The molecule has 3 N–H and O–H groups in total. The van der Waals surface area contributed by atoms with E-state index >= 15 is 0 Å². The third kappa shape index (κ3) is 6.77. The Kier molecular flexibility index (Phi) is 9.64. The van der Waals surface area contributed by atoms with Crippen LogP contribution in [0.3, 0.4) is 0 Å². The van der Waals surface area contributed by atoms with Gasteiger partial charge in [-0.25, -0.2) is 4.79 Å². The molecule has 2 amide bonds. The van der Waals surface area contributed by atoms with Crippen LogP contribution in [0.5, 0.6) is 11.5 Å². The number of carboxylic acid groups (broad SMARTS) is 1. The fourth-order valence-electron chi connectivity index (χ4n) is 5.08. The number of para-hydroxylation sites is 1. The number of benzene rings is 3. The number of carbonyl (C=O) groups excluding carboxylic acids is 2. The third-order valence-electron chi connectivity index (χ3n) is 7.34. The Hall–Kier alpha value is -4.12. The lowest BCUT2D eigenvalue weighted by Gasteiger charge is -2.32. The number of nitrogens with one attached hydrogen (secondary N) is 1. The number of methoxy groups -OCH3 is 2. The highest BCUT2D eigenvalue weighted by molar-refractivity contribution is 6.30. The fourth-order valence-corrected chi connectivity index (χ4v) is 5.26. The standard InChI is InChI=1S/C32H35ClN2O8/c1-18-20(31(39)40)8-6-10-23(18)34-27(37)15-26-30(38)35(16-32(2,3)17-36)24-13-12-19(33)14-22(24)28(43-26)21-9-7-11-25(41-4)29(21)42-5/h6-14,26,28,36H,15-17H2,1-5H3,(H,34,37)(H,39,40)/t26-,28-/m1/s1. The van der Waals surface area contributed by atoms with Gasteiger partial charge in [-0.3, -0.25) is 9.59 Å². The van der Waals surface area contributed by atoms with Gasteiger partial charge < -0.3 is 34.6 Å². The zero-order valence-electron chi connectivity index (χ0n) is 24.6. The normalized spacial score (nSPS) is 16.7. The molecule has 0 unspecified atom stereocenters. The number of ether oxygens (including phenoxy) is 3. The highest BCUT2D eigenvalue weighted by atomic mass is 35.5. The van der Waals surface area contributed by atoms with Crippen molar-refractivity contribution in [1.29, 1.82) is 0 Å². The molecule has 0 bridgehead atoms. The van der Waals surface area contributed by atoms with E-state index in [1.807, 2.05) is 13.8 Å². The number of anilines is 2. The van der Waals surface area contributed by atoms with E-state index < -0.39 is 35.4 Å². The SMILES string of the molecule is COc1cccc([C@H]2O[C@H](CC(=O)Nc3cccc(C(=O)O)c3C)C(=O)N(CC(C)(C)CO)c3ccc(Cl)cc32)c1OC. The molecule has 2 atom stereocenters. The summed E-state index contributed by atoms with van der Waals surface area (Å²) in [7, 11) is 3.01. The molecule has 1 aliphatic heterocycles. The maximum atomic E-state index is 14.2. The summed E-state index contributed by atoms with van der Waals surface area (Å²) in [5.41, 5.74) is 1.68. The van der Waals surface area contributed by atoms with Crippen LogP contribution in [0.4, 0.5) is 11.4 Å². The highest BCUT2D eigenvalue weighted by Crippen LogP contribution is 2.45.